The number of benzene rings is 2. The molecule has 0 radical (unpaired) electrons. The summed E-state index contributed by atoms with van der Waals surface area (Å²) in [5.41, 5.74) is 3.56. The molecule has 4 heteroatoms. The molecular formula is C27H34ClNO2. The van der Waals surface area contributed by atoms with Crippen molar-refractivity contribution in [3.63, 3.8) is 0 Å². The Labute approximate surface area is 191 Å². The van der Waals surface area contributed by atoms with E-state index in [0.29, 0.717) is 23.0 Å². The van der Waals surface area contributed by atoms with E-state index in [4.69, 9.17) is 21.1 Å². The monoisotopic (exact) mass is 439 g/mol. The van der Waals surface area contributed by atoms with E-state index < -0.39 is 0 Å². The maximum Gasteiger partial charge on any atom is 0.161 e. The molecule has 0 heterocycles. The zero-order valence-electron chi connectivity index (χ0n) is 19.0. The van der Waals surface area contributed by atoms with Crippen molar-refractivity contribution in [3.8, 4) is 11.5 Å². The summed E-state index contributed by atoms with van der Waals surface area (Å²) in [4.78, 5) is 0. The summed E-state index contributed by atoms with van der Waals surface area (Å²) >= 11 is 6.26. The van der Waals surface area contributed by atoms with E-state index in [0.717, 1.165) is 34.5 Å². The van der Waals surface area contributed by atoms with Crippen molar-refractivity contribution in [1.82, 2.24) is 5.32 Å². The van der Waals surface area contributed by atoms with E-state index in [9.17, 15) is 0 Å². The summed E-state index contributed by atoms with van der Waals surface area (Å²) < 4.78 is 11.7. The summed E-state index contributed by atoms with van der Waals surface area (Å²) in [6.45, 7) is 6.36. The molecule has 4 bridgehead atoms. The molecule has 4 fully saturated rings. The lowest BCUT2D eigenvalue weighted by molar-refractivity contribution is -0.118. The highest BCUT2D eigenvalue weighted by Crippen LogP contribution is 2.66. The van der Waals surface area contributed by atoms with Crippen molar-refractivity contribution >= 4 is 11.6 Å². The zero-order chi connectivity index (χ0) is 21.7. The molecule has 4 aliphatic rings. The van der Waals surface area contributed by atoms with Crippen molar-refractivity contribution < 1.29 is 9.47 Å². The Bertz CT molecular complexity index is 955. The van der Waals surface area contributed by atoms with E-state index in [1.165, 1.54) is 44.1 Å². The second-order valence-electron chi connectivity index (χ2n) is 11.1. The molecule has 4 saturated carbocycles. The van der Waals surface area contributed by atoms with E-state index in [1.54, 1.807) is 7.11 Å². The molecule has 6 rings (SSSR count). The molecule has 0 aliphatic heterocycles. The zero-order valence-corrected chi connectivity index (χ0v) is 19.7. The summed E-state index contributed by atoms with van der Waals surface area (Å²) in [5, 5.41) is 4.74. The van der Waals surface area contributed by atoms with Gasteiger partial charge in [0, 0.05) is 22.7 Å². The van der Waals surface area contributed by atoms with Gasteiger partial charge in [0.15, 0.2) is 11.5 Å². The number of hydrogen-bond acceptors (Lipinski definition) is 3. The molecule has 31 heavy (non-hydrogen) atoms. The van der Waals surface area contributed by atoms with Crippen LogP contribution in [0.1, 0.15) is 63.5 Å². The highest BCUT2D eigenvalue weighted by molar-refractivity contribution is 6.31. The highest BCUT2D eigenvalue weighted by Gasteiger charge is 2.59. The fraction of sp³-hybridized carbons (Fsp3) is 0.556. The van der Waals surface area contributed by atoms with E-state index in [1.807, 2.05) is 30.3 Å². The molecule has 0 spiro atoms. The largest absolute Gasteiger partial charge is 0.493 e. The number of hydrogen-bond donors (Lipinski definition) is 1. The molecule has 2 unspecified atom stereocenters. The number of rotatable bonds is 7. The van der Waals surface area contributed by atoms with Gasteiger partial charge in [0.2, 0.25) is 0 Å². The van der Waals surface area contributed by atoms with Crippen molar-refractivity contribution in [2.24, 2.45) is 16.7 Å². The third kappa shape index (κ3) is 4.19. The Hall–Kier alpha value is -1.71. The van der Waals surface area contributed by atoms with Crippen LogP contribution in [-0.2, 0) is 13.2 Å². The minimum atomic E-state index is 0.301. The van der Waals surface area contributed by atoms with Crippen LogP contribution in [0.4, 0.5) is 0 Å². The minimum Gasteiger partial charge on any atom is -0.493 e. The van der Waals surface area contributed by atoms with Crippen LogP contribution in [0, 0.1) is 16.7 Å². The number of halogens is 1. The topological polar surface area (TPSA) is 30.5 Å². The number of ether oxygens (including phenoxy) is 2. The van der Waals surface area contributed by atoms with Crippen molar-refractivity contribution in [1.29, 1.82) is 0 Å². The summed E-state index contributed by atoms with van der Waals surface area (Å²) in [6, 6.07) is 14.1. The Balaban J connectivity index is 1.27. The Morgan fingerprint density at radius 3 is 2.39 bits per heavy atom. The lowest BCUT2D eigenvalue weighted by Gasteiger charge is -2.65. The van der Waals surface area contributed by atoms with Gasteiger partial charge in [-0.2, -0.15) is 0 Å². The Kier molecular flexibility index (Phi) is 5.26. The van der Waals surface area contributed by atoms with Crippen LogP contribution < -0.4 is 14.8 Å². The van der Waals surface area contributed by atoms with Gasteiger partial charge in [-0.1, -0.05) is 49.7 Å². The third-order valence-corrected chi connectivity index (χ3v) is 8.23. The normalized spacial score (nSPS) is 33.5. The first-order valence-corrected chi connectivity index (χ1v) is 12.0. The summed E-state index contributed by atoms with van der Waals surface area (Å²) in [7, 11) is 1.70. The first kappa shape index (κ1) is 21.2. The summed E-state index contributed by atoms with van der Waals surface area (Å²) in [5.74, 6) is 2.42. The molecule has 0 saturated heterocycles. The predicted octanol–water partition coefficient (Wildman–Crippen LogP) is 6.77. The van der Waals surface area contributed by atoms with Gasteiger partial charge in [0.25, 0.3) is 0 Å². The number of nitrogens with one attached hydrogen (secondary N) is 1. The van der Waals surface area contributed by atoms with Gasteiger partial charge in [-0.25, -0.2) is 0 Å². The maximum absolute atomic E-state index is 6.26. The van der Waals surface area contributed by atoms with Crippen molar-refractivity contribution in [2.75, 3.05) is 7.11 Å². The van der Waals surface area contributed by atoms with Gasteiger partial charge in [0.05, 0.1) is 7.11 Å². The van der Waals surface area contributed by atoms with E-state index >= 15 is 0 Å². The van der Waals surface area contributed by atoms with Crippen LogP contribution >= 0.6 is 11.6 Å². The first-order chi connectivity index (χ1) is 14.8. The van der Waals surface area contributed by atoms with Gasteiger partial charge in [0.1, 0.15) is 6.61 Å². The molecule has 2 aromatic carbocycles. The SMILES string of the molecule is COc1cc(CNC23CC4CC(C)(CC(C)(C4)C2)C3)ccc1OCc1ccccc1Cl. The molecule has 0 amide bonds. The fourth-order valence-electron chi connectivity index (χ4n) is 7.65. The molecule has 4 aliphatic carbocycles. The van der Waals surface area contributed by atoms with Crippen LogP contribution in [0.2, 0.25) is 5.02 Å². The van der Waals surface area contributed by atoms with E-state index in [-0.39, 0.29) is 0 Å². The van der Waals surface area contributed by atoms with Gasteiger partial charge in [-0.3, -0.25) is 0 Å². The van der Waals surface area contributed by atoms with Gasteiger partial charge < -0.3 is 14.8 Å². The lowest BCUT2D eigenvalue weighted by Crippen LogP contribution is -2.63. The van der Waals surface area contributed by atoms with Crippen LogP contribution in [0.5, 0.6) is 11.5 Å². The average Bonchev–Trinajstić information content (AvgIpc) is 2.69. The van der Waals surface area contributed by atoms with Crippen molar-refractivity contribution in [2.45, 2.75) is 71.1 Å². The fourth-order valence-corrected chi connectivity index (χ4v) is 7.84. The van der Waals surface area contributed by atoms with Crippen LogP contribution in [-0.4, -0.2) is 12.6 Å². The summed E-state index contributed by atoms with van der Waals surface area (Å²) in [6.07, 6.45) is 8.25. The quantitative estimate of drug-likeness (QED) is 0.516. The Morgan fingerprint density at radius 2 is 1.71 bits per heavy atom. The molecule has 3 nitrogen and oxygen atoms in total. The molecule has 2 atom stereocenters. The highest BCUT2D eigenvalue weighted by atomic mass is 35.5. The van der Waals surface area contributed by atoms with Gasteiger partial charge >= 0.3 is 0 Å². The van der Waals surface area contributed by atoms with Crippen molar-refractivity contribution in [3.05, 3.63) is 58.6 Å². The predicted molar refractivity (Wildman–Crippen MR) is 126 cm³/mol. The smallest absolute Gasteiger partial charge is 0.161 e. The molecule has 2 aromatic rings. The van der Waals surface area contributed by atoms with Crippen LogP contribution in [0.3, 0.4) is 0 Å². The molecular weight excluding hydrogens is 406 g/mol. The number of methoxy groups -OCH3 is 1. The first-order valence-electron chi connectivity index (χ1n) is 11.6. The molecule has 1 N–H and O–H groups in total. The van der Waals surface area contributed by atoms with E-state index in [2.05, 4.69) is 31.3 Å². The van der Waals surface area contributed by atoms with Crippen LogP contribution in [0.15, 0.2) is 42.5 Å². The van der Waals surface area contributed by atoms with Crippen LogP contribution in [0.25, 0.3) is 0 Å². The lowest BCUT2D eigenvalue weighted by atomic mass is 9.43. The second kappa shape index (κ2) is 7.71. The van der Waals surface area contributed by atoms with Gasteiger partial charge in [-0.15, -0.1) is 0 Å². The van der Waals surface area contributed by atoms with Gasteiger partial charge in [-0.05, 0) is 79.0 Å². The Morgan fingerprint density at radius 1 is 0.968 bits per heavy atom. The average molecular weight is 440 g/mol. The standard InChI is InChI=1S/C27H34ClNO2/c1-25-11-20-12-26(2,16-25)18-27(13-20,17-25)29-14-19-8-9-23(24(10-19)30-3)31-15-21-6-4-5-7-22(21)28/h4-10,20,29H,11-18H2,1-3H3. The third-order valence-electron chi connectivity index (χ3n) is 7.86. The molecule has 0 aromatic heterocycles. The minimum absolute atomic E-state index is 0.301. The molecule has 166 valence electrons. The maximum atomic E-state index is 6.26. The second-order valence-corrected chi connectivity index (χ2v) is 11.5.